The number of hydrogen-bond donors (Lipinski definition) is 1. The maximum Gasteiger partial charge on any atom is 0.303 e. The van der Waals surface area contributed by atoms with Crippen LogP contribution in [0.5, 0.6) is 0 Å². The molecule has 0 aromatic heterocycles. The fraction of sp³-hybridized carbons (Fsp3) is 0.889. The molecule has 2 nitrogen and oxygen atoms in total. The first-order chi connectivity index (χ1) is 5.66. The number of aliphatic carboxylic acids is 1. The van der Waals surface area contributed by atoms with Crippen molar-refractivity contribution in [3.8, 4) is 0 Å². The van der Waals surface area contributed by atoms with Gasteiger partial charge in [-0.15, -0.1) is 11.6 Å². The molecule has 0 saturated carbocycles. The van der Waals surface area contributed by atoms with Gasteiger partial charge in [0, 0.05) is 12.3 Å². The van der Waals surface area contributed by atoms with Gasteiger partial charge >= 0.3 is 5.97 Å². The highest BCUT2D eigenvalue weighted by Crippen LogP contribution is 2.13. The van der Waals surface area contributed by atoms with E-state index >= 15 is 0 Å². The number of unbranched alkanes of at least 4 members (excludes halogenated alkanes) is 1. The van der Waals surface area contributed by atoms with E-state index in [-0.39, 0.29) is 0 Å². The molecule has 72 valence electrons. The molecule has 0 spiro atoms. The van der Waals surface area contributed by atoms with Gasteiger partial charge in [-0.1, -0.05) is 19.8 Å². The number of halogens is 1. The molecule has 0 aliphatic heterocycles. The number of carboxylic acids is 1. The van der Waals surface area contributed by atoms with Crippen LogP contribution in [0.15, 0.2) is 0 Å². The molecule has 0 fully saturated rings. The second-order valence-electron chi connectivity index (χ2n) is 3.22. The number of hydrogen-bond acceptors (Lipinski definition) is 1. The minimum absolute atomic E-state index is 0.299. The Morgan fingerprint density at radius 1 is 1.42 bits per heavy atom. The quantitative estimate of drug-likeness (QED) is 0.498. The van der Waals surface area contributed by atoms with Gasteiger partial charge in [0.05, 0.1) is 0 Å². The van der Waals surface area contributed by atoms with E-state index in [1.807, 2.05) is 0 Å². The highest BCUT2D eigenvalue weighted by atomic mass is 35.5. The molecule has 0 saturated heterocycles. The van der Waals surface area contributed by atoms with Crippen LogP contribution in [0.4, 0.5) is 0 Å². The fourth-order valence-corrected chi connectivity index (χ4v) is 1.47. The molecule has 1 atom stereocenters. The highest BCUT2D eigenvalue weighted by Gasteiger charge is 2.01. The number of alkyl halides is 1. The molecular weight excluding hydrogens is 176 g/mol. The minimum Gasteiger partial charge on any atom is -0.481 e. The van der Waals surface area contributed by atoms with Gasteiger partial charge < -0.3 is 5.11 Å². The van der Waals surface area contributed by atoms with Crippen LogP contribution in [-0.4, -0.2) is 17.0 Å². The van der Waals surface area contributed by atoms with Crippen molar-refractivity contribution in [2.45, 2.75) is 39.0 Å². The molecule has 0 aromatic rings. The van der Waals surface area contributed by atoms with Crippen LogP contribution in [0, 0.1) is 5.92 Å². The first-order valence-electron chi connectivity index (χ1n) is 4.44. The van der Waals surface area contributed by atoms with Crippen LogP contribution >= 0.6 is 11.6 Å². The lowest BCUT2D eigenvalue weighted by Crippen LogP contribution is -1.98. The monoisotopic (exact) mass is 192 g/mol. The van der Waals surface area contributed by atoms with E-state index < -0.39 is 5.97 Å². The average molecular weight is 193 g/mol. The van der Waals surface area contributed by atoms with Crippen LogP contribution in [0.25, 0.3) is 0 Å². The highest BCUT2D eigenvalue weighted by molar-refractivity contribution is 6.17. The van der Waals surface area contributed by atoms with E-state index in [4.69, 9.17) is 16.7 Å². The summed E-state index contributed by atoms with van der Waals surface area (Å²) < 4.78 is 0. The van der Waals surface area contributed by atoms with Gasteiger partial charge in [-0.2, -0.15) is 0 Å². The van der Waals surface area contributed by atoms with Crippen molar-refractivity contribution in [2.24, 2.45) is 5.92 Å². The molecule has 0 aliphatic carbocycles. The lowest BCUT2D eigenvalue weighted by Gasteiger charge is -2.07. The maximum atomic E-state index is 10.1. The van der Waals surface area contributed by atoms with Crippen molar-refractivity contribution < 1.29 is 9.90 Å². The molecular formula is C9H17ClO2. The summed E-state index contributed by atoms with van der Waals surface area (Å²) in [4.78, 5) is 10.1. The van der Waals surface area contributed by atoms with Gasteiger partial charge in [0.2, 0.25) is 0 Å². The maximum absolute atomic E-state index is 10.1. The van der Waals surface area contributed by atoms with Crippen molar-refractivity contribution in [3.05, 3.63) is 0 Å². The van der Waals surface area contributed by atoms with Crippen molar-refractivity contribution in [1.82, 2.24) is 0 Å². The summed E-state index contributed by atoms with van der Waals surface area (Å²) in [5.74, 6) is 0.649. The molecule has 0 bridgehead atoms. The Kier molecular flexibility index (Phi) is 7.26. The lowest BCUT2D eigenvalue weighted by molar-refractivity contribution is -0.137. The predicted molar refractivity (Wildman–Crippen MR) is 50.6 cm³/mol. The summed E-state index contributed by atoms with van der Waals surface area (Å²) in [6.07, 6.45) is 4.23. The topological polar surface area (TPSA) is 37.3 Å². The summed E-state index contributed by atoms with van der Waals surface area (Å²) in [6.45, 7) is 2.16. The number of carbonyl (C=O) groups is 1. The molecule has 0 radical (unpaired) electrons. The summed E-state index contributed by atoms with van der Waals surface area (Å²) in [5, 5.41) is 8.36. The molecule has 0 amide bonds. The third kappa shape index (κ3) is 7.86. The molecule has 1 unspecified atom stereocenters. The Hall–Kier alpha value is -0.240. The van der Waals surface area contributed by atoms with E-state index in [1.54, 1.807) is 0 Å². The normalized spacial score (nSPS) is 12.8. The van der Waals surface area contributed by atoms with Gasteiger partial charge in [0.15, 0.2) is 0 Å². The fourth-order valence-electron chi connectivity index (χ4n) is 1.10. The Balaban J connectivity index is 3.13. The summed E-state index contributed by atoms with van der Waals surface area (Å²) in [5.41, 5.74) is 0. The van der Waals surface area contributed by atoms with E-state index in [1.165, 1.54) is 0 Å². The van der Waals surface area contributed by atoms with E-state index in [9.17, 15) is 4.79 Å². The van der Waals surface area contributed by atoms with E-state index in [0.717, 1.165) is 25.7 Å². The van der Waals surface area contributed by atoms with E-state index in [0.29, 0.717) is 18.2 Å². The van der Waals surface area contributed by atoms with Crippen molar-refractivity contribution in [1.29, 1.82) is 0 Å². The second kappa shape index (κ2) is 7.41. The van der Waals surface area contributed by atoms with Crippen LogP contribution in [-0.2, 0) is 4.79 Å². The Morgan fingerprint density at radius 3 is 2.58 bits per heavy atom. The van der Waals surface area contributed by atoms with Gasteiger partial charge in [0.25, 0.3) is 0 Å². The lowest BCUT2D eigenvalue weighted by atomic mass is 10.0. The molecule has 12 heavy (non-hydrogen) atoms. The minimum atomic E-state index is -0.694. The number of carboxylic acid groups (broad SMARTS) is 1. The standard InChI is InChI=1S/C9H17ClO2/c1-8(6-7-10)4-2-3-5-9(11)12/h8H,2-7H2,1H3,(H,11,12). The molecule has 0 aromatic carbocycles. The Bertz CT molecular complexity index is 126. The molecule has 0 rings (SSSR count). The van der Waals surface area contributed by atoms with Gasteiger partial charge in [0.1, 0.15) is 0 Å². The summed E-state index contributed by atoms with van der Waals surface area (Å²) >= 11 is 5.57. The Morgan fingerprint density at radius 2 is 2.08 bits per heavy atom. The second-order valence-corrected chi connectivity index (χ2v) is 3.60. The Labute approximate surface area is 78.9 Å². The van der Waals surface area contributed by atoms with Crippen LogP contribution in [0.3, 0.4) is 0 Å². The van der Waals surface area contributed by atoms with Gasteiger partial charge in [-0.05, 0) is 18.8 Å². The van der Waals surface area contributed by atoms with Gasteiger partial charge in [-0.25, -0.2) is 0 Å². The largest absolute Gasteiger partial charge is 0.481 e. The van der Waals surface area contributed by atoms with Crippen LogP contribution in [0.2, 0.25) is 0 Å². The first-order valence-corrected chi connectivity index (χ1v) is 4.98. The van der Waals surface area contributed by atoms with Crippen molar-refractivity contribution in [2.75, 3.05) is 5.88 Å². The third-order valence-corrected chi connectivity index (χ3v) is 2.16. The van der Waals surface area contributed by atoms with E-state index in [2.05, 4.69) is 6.92 Å². The predicted octanol–water partition coefficient (Wildman–Crippen LogP) is 2.90. The zero-order valence-electron chi connectivity index (χ0n) is 7.55. The van der Waals surface area contributed by atoms with Crippen LogP contribution in [0.1, 0.15) is 39.0 Å². The number of rotatable bonds is 7. The molecule has 3 heteroatoms. The average Bonchev–Trinajstić information content (AvgIpc) is 1.98. The smallest absolute Gasteiger partial charge is 0.303 e. The SMILES string of the molecule is CC(CCCl)CCCCC(=O)O. The summed E-state index contributed by atoms with van der Waals surface area (Å²) in [6, 6.07) is 0. The third-order valence-electron chi connectivity index (χ3n) is 1.94. The van der Waals surface area contributed by atoms with Crippen LogP contribution < -0.4 is 0 Å². The van der Waals surface area contributed by atoms with Crippen molar-refractivity contribution in [3.63, 3.8) is 0 Å². The van der Waals surface area contributed by atoms with Crippen molar-refractivity contribution >= 4 is 17.6 Å². The zero-order chi connectivity index (χ0) is 9.40. The first kappa shape index (κ1) is 11.8. The summed E-state index contributed by atoms with van der Waals surface area (Å²) in [7, 11) is 0. The zero-order valence-corrected chi connectivity index (χ0v) is 8.31. The molecule has 0 aliphatic rings. The molecule has 1 N–H and O–H groups in total. The molecule has 0 heterocycles. The van der Waals surface area contributed by atoms with Gasteiger partial charge in [-0.3, -0.25) is 4.79 Å².